The zero-order valence-corrected chi connectivity index (χ0v) is 21.4. The fourth-order valence-corrected chi connectivity index (χ4v) is 4.28. The summed E-state index contributed by atoms with van der Waals surface area (Å²) in [6.07, 6.45) is 6.46. The van der Waals surface area contributed by atoms with E-state index in [1.54, 1.807) is 6.20 Å². The molecule has 8 heteroatoms. The van der Waals surface area contributed by atoms with Gasteiger partial charge in [-0.1, -0.05) is 17.0 Å². The molecule has 2 unspecified atom stereocenters. The van der Waals surface area contributed by atoms with E-state index in [0.717, 1.165) is 54.1 Å². The Morgan fingerprint density at radius 1 is 1.08 bits per heavy atom. The fraction of sp³-hybridized carbons (Fsp3) is 0.333. The highest BCUT2D eigenvalue weighted by Crippen LogP contribution is 2.25. The molecule has 0 saturated carbocycles. The summed E-state index contributed by atoms with van der Waals surface area (Å²) < 4.78 is 24.8. The molecule has 0 bridgehead atoms. The van der Waals surface area contributed by atoms with Crippen molar-refractivity contribution in [1.29, 1.82) is 0 Å². The molecule has 3 heterocycles. The van der Waals surface area contributed by atoms with Crippen LogP contribution in [0.15, 0.2) is 71.5 Å². The van der Waals surface area contributed by atoms with Crippen molar-refractivity contribution in [3.8, 4) is 28.9 Å². The lowest BCUT2D eigenvalue weighted by atomic mass is 10.1. The number of benzene rings is 2. The molecule has 0 amide bonds. The molecule has 5 rings (SSSR count). The lowest BCUT2D eigenvalue weighted by Gasteiger charge is -2.26. The lowest BCUT2D eigenvalue weighted by Crippen LogP contribution is -2.24. The van der Waals surface area contributed by atoms with Gasteiger partial charge in [0.25, 0.3) is 0 Å². The Kier molecular flexibility index (Phi) is 8.51. The Hall–Kier alpha value is -3.90. The number of hydrogen-bond acceptors (Lipinski definition) is 7. The summed E-state index contributed by atoms with van der Waals surface area (Å²) in [6.45, 7) is 3.55. The summed E-state index contributed by atoms with van der Waals surface area (Å²) in [7, 11) is 0. The van der Waals surface area contributed by atoms with Gasteiger partial charge in [0.1, 0.15) is 30.0 Å². The average Bonchev–Trinajstić information content (AvgIpc) is 3.62. The number of ether oxygens (including phenoxy) is 3. The molecular weight excluding hydrogens is 482 g/mol. The number of hydrogen-bond donors (Lipinski definition) is 1. The van der Waals surface area contributed by atoms with E-state index in [4.69, 9.17) is 23.8 Å². The molecule has 38 heavy (non-hydrogen) atoms. The Morgan fingerprint density at radius 2 is 1.84 bits per heavy atom. The quantitative estimate of drug-likeness (QED) is 0.316. The monoisotopic (exact) mass is 513 g/mol. The Balaban J connectivity index is 1.20. The molecule has 2 atom stereocenters. The molecule has 0 spiro atoms. The third kappa shape index (κ3) is 6.69. The largest absolute Gasteiger partial charge is 0.491 e. The van der Waals surface area contributed by atoms with Gasteiger partial charge in [0.05, 0.1) is 13.2 Å². The van der Waals surface area contributed by atoms with Crippen molar-refractivity contribution in [3.63, 3.8) is 0 Å². The van der Waals surface area contributed by atoms with Crippen LogP contribution in [-0.4, -0.2) is 45.9 Å². The maximum absolute atomic E-state index is 8.84. The van der Waals surface area contributed by atoms with Crippen LogP contribution in [0, 0.1) is 11.8 Å². The molecule has 2 aromatic heterocycles. The zero-order chi connectivity index (χ0) is 26.2. The van der Waals surface area contributed by atoms with E-state index in [-0.39, 0.29) is 25.6 Å². The van der Waals surface area contributed by atoms with Crippen molar-refractivity contribution in [3.05, 3.63) is 89.6 Å². The third-order valence-corrected chi connectivity index (χ3v) is 6.23. The van der Waals surface area contributed by atoms with Crippen molar-refractivity contribution in [2.75, 3.05) is 19.8 Å². The molecule has 2 aromatic carbocycles. The van der Waals surface area contributed by atoms with Crippen molar-refractivity contribution in [1.82, 2.24) is 14.7 Å². The number of imidazole rings is 1. The molecule has 1 N–H and O–H groups in total. The van der Waals surface area contributed by atoms with Gasteiger partial charge in [-0.25, -0.2) is 4.98 Å². The van der Waals surface area contributed by atoms with Gasteiger partial charge in [0.15, 0.2) is 12.1 Å². The topological polar surface area (TPSA) is 91.8 Å². The van der Waals surface area contributed by atoms with Crippen LogP contribution in [0.1, 0.15) is 54.9 Å². The first-order chi connectivity index (χ1) is 18.7. The second kappa shape index (κ2) is 12.6. The molecule has 1 aliphatic heterocycles. The van der Waals surface area contributed by atoms with Crippen molar-refractivity contribution >= 4 is 0 Å². The van der Waals surface area contributed by atoms with Crippen LogP contribution in [0.5, 0.6) is 5.75 Å². The number of aromatic nitrogens is 3. The third-order valence-electron chi connectivity index (χ3n) is 6.23. The van der Waals surface area contributed by atoms with Gasteiger partial charge in [-0.05, 0) is 74.7 Å². The maximum atomic E-state index is 8.84. The van der Waals surface area contributed by atoms with Crippen LogP contribution >= 0.6 is 0 Å². The number of rotatable bonds is 9. The lowest BCUT2D eigenvalue weighted by molar-refractivity contribution is -0.188. The van der Waals surface area contributed by atoms with Gasteiger partial charge >= 0.3 is 0 Å². The molecule has 1 aliphatic rings. The van der Waals surface area contributed by atoms with E-state index in [1.165, 1.54) is 0 Å². The van der Waals surface area contributed by atoms with Crippen LogP contribution < -0.4 is 4.74 Å². The first-order valence-electron chi connectivity index (χ1n) is 12.9. The standard InChI is InChI=1S/C30H31N3O5/c1-22(37-29-4-2-3-18-36-29)30-31-15-16-33(30)21-26-20-28(38-32-26)25-11-7-23(8-12-25)5-6-24-9-13-27(14-10-24)35-19-17-34/h7-16,20,22,29,34H,2-4,17-19,21H2,1H3. The number of aliphatic hydroxyl groups excluding tert-OH is 1. The minimum Gasteiger partial charge on any atom is -0.491 e. The Labute approximate surface area is 222 Å². The van der Waals surface area contributed by atoms with E-state index >= 15 is 0 Å². The summed E-state index contributed by atoms with van der Waals surface area (Å²) in [4.78, 5) is 4.50. The number of nitrogens with zero attached hydrogens (tertiary/aromatic N) is 3. The Morgan fingerprint density at radius 3 is 2.55 bits per heavy atom. The summed E-state index contributed by atoms with van der Waals surface area (Å²) in [5.41, 5.74) is 3.51. The highest BCUT2D eigenvalue weighted by molar-refractivity contribution is 5.59. The van der Waals surface area contributed by atoms with Crippen LogP contribution in [0.3, 0.4) is 0 Å². The Bertz CT molecular complexity index is 1360. The van der Waals surface area contributed by atoms with E-state index in [9.17, 15) is 0 Å². The van der Waals surface area contributed by atoms with Gasteiger partial charge in [-0.3, -0.25) is 0 Å². The second-order valence-corrected chi connectivity index (χ2v) is 9.09. The predicted octanol–water partition coefficient (Wildman–Crippen LogP) is 4.96. The van der Waals surface area contributed by atoms with E-state index in [2.05, 4.69) is 22.0 Å². The highest BCUT2D eigenvalue weighted by Gasteiger charge is 2.21. The fourth-order valence-electron chi connectivity index (χ4n) is 4.28. The molecule has 1 fully saturated rings. The van der Waals surface area contributed by atoms with Gasteiger partial charge < -0.3 is 28.4 Å². The summed E-state index contributed by atoms with van der Waals surface area (Å²) in [6, 6.07) is 17.3. The SMILES string of the molecule is CC(OC1CCCCO1)c1nccn1Cc1cc(-c2ccc(C#Cc3ccc(OCCO)cc3)cc2)on1. The van der Waals surface area contributed by atoms with Crippen LogP contribution in [0.25, 0.3) is 11.3 Å². The highest BCUT2D eigenvalue weighted by atomic mass is 16.7. The van der Waals surface area contributed by atoms with E-state index in [1.807, 2.05) is 72.3 Å². The normalized spacial score (nSPS) is 16.0. The second-order valence-electron chi connectivity index (χ2n) is 9.09. The molecule has 0 aliphatic carbocycles. The summed E-state index contributed by atoms with van der Waals surface area (Å²) in [5, 5.41) is 13.1. The van der Waals surface area contributed by atoms with Gasteiger partial charge in [-0.15, -0.1) is 0 Å². The summed E-state index contributed by atoms with van der Waals surface area (Å²) in [5.74, 6) is 8.57. The zero-order valence-electron chi connectivity index (χ0n) is 21.4. The van der Waals surface area contributed by atoms with Crippen molar-refractivity contribution in [2.45, 2.75) is 45.1 Å². The maximum Gasteiger partial charge on any atom is 0.167 e. The molecule has 4 aromatic rings. The average molecular weight is 514 g/mol. The van der Waals surface area contributed by atoms with Crippen LogP contribution in [0.4, 0.5) is 0 Å². The van der Waals surface area contributed by atoms with Crippen LogP contribution in [0.2, 0.25) is 0 Å². The molecule has 0 radical (unpaired) electrons. The molecule has 196 valence electrons. The number of aliphatic hydroxyl groups is 1. The van der Waals surface area contributed by atoms with Crippen LogP contribution in [-0.2, 0) is 16.0 Å². The first-order valence-corrected chi connectivity index (χ1v) is 12.9. The van der Waals surface area contributed by atoms with Gasteiger partial charge in [0.2, 0.25) is 0 Å². The van der Waals surface area contributed by atoms with Gasteiger partial charge in [0, 0.05) is 41.8 Å². The molecular formula is C30H31N3O5. The van der Waals surface area contributed by atoms with Crippen molar-refractivity contribution in [2.24, 2.45) is 0 Å². The minimum absolute atomic E-state index is 0.0102. The van der Waals surface area contributed by atoms with E-state index < -0.39 is 0 Å². The summed E-state index contributed by atoms with van der Waals surface area (Å²) >= 11 is 0. The van der Waals surface area contributed by atoms with Crippen molar-refractivity contribution < 1.29 is 23.8 Å². The molecule has 8 nitrogen and oxygen atoms in total. The molecule has 1 saturated heterocycles. The van der Waals surface area contributed by atoms with Gasteiger partial charge in [-0.2, -0.15) is 0 Å². The first kappa shape index (κ1) is 25.7. The smallest absolute Gasteiger partial charge is 0.167 e. The van der Waals surface area contributed by atoms with E-state index in [0.29, 0.717) is 18.1 Å². The minimum atomic E-state index is -0.189. The predicted molar refractivity (Wildman–Crippen MR) is 141 cm³/mol.